The molecule has 1 fully saturated rings. The van der Waals surface area contributed by atoms with Gasteiger partial charge >= 0.3 is 0 Å². The Morgan fingerprint density at radius 3 is 2.67 bits per heavy atom. The molecule has 0 aliphatic carbocycles. The van der Waals surface area contributed by atoms with E-state index in [0.29, 0.717) is 5.95 Å². The van der Waals surface area contributed by atoms with Crippen molar-refractivity contribution in [2.75, 3.05) is 31.5 Å². The first kappa shape index (κ1) is 20.8. The minimum absolute atomic E-state index is 0.709. The summed E-state index contributed by atoms with van der Waals surface area (Å²) in [6, 6.07) is 4.30. The van der Waals surface area contributed by atoms with Gasteiger partial charge in [0.05, 0.1) is 22.3 Å². The predicted octanol–water partition coefficient (Wildman–Crippen LogP) is 4.87. The van der Waals surface area contributed by atoms with Crippen LogP contribution in [0.15, 0.2) is 18.3 Å². The maximum absolute atomic E-state index is 4.79. The lowest BCUT2D eigenvalue weighted by atomic mass is 9.92. The summed E-state index contributed by atoms with van der Waals surface area (Å²) in [5.74, 6) is 2.42. The van der Waals surface area contributed by atoms with Crippen LogP contribution in [0.5, 0.6) is 0 Å². The third-order valence-corrected chi connectivity index (χ3v) is 6.38. The van der Waals surface area contributed by atoms with Gasteiger partial charge in [0.25, 0.3) is 0 Å². The van der Waals surface area contributed by atoms with Gasteiger partial charge in [0.15, 0.2) is 0 Å². The second-order valence-electron chi connectivity index (χ2n) is 8.70. The second-order valence-corrected chi connectivity index (χ2v) is 8.70. The van der Waals surface area contributed by atoms with E-state index in [-0.39, 0.29) is 0 Å². The summed E-state index contributed by atoms with van der Waals surface area (Å²) in [6.07, 6.45) is 7.02. The molecular formula is C24H34N6. The fourth-order valence-electron chi connectivity index (χ4n) is 4.57. The zero-order valence-corrected chi connectivity index (χ0v) is 18.8. The predicted molar refractivity (Wildman–Crippen MR) is 124 cm³/mol. The van der Waals surface area contributed by atoms with E-state index in [1.807, 2.05) is 13.1 Å². The number of hydrogen-bond donors (Lipinski definition) is 2. The number of rotatable bonds is 7. The van der Waals surface area contributed by atoms with Crippen LogP contribution in [0.4, 0.5) is 5.95 Å². The molecular weight excluding hydrogens is 372 g/mol. The van der Waals surface area contributed by atoms with Crippen molar-refractivity contribution in [3.63, 3.8) is 0 Å². The second kappa shape index (κ2) is 9.13. The lowest BCUT2D eigenvalue weighted by Crippen LogP contribution is -2.33. The van der Waals surface area contributed by atoms with Crippen molar-refractivity contribution < 1.29 is 0 Å². The van der Waals surface area contributed by atoms with Crippen molar-refractivity contribution in [2.45, 2.75) is 53.4 Å². The first-order valence-corrected chi connectivity index (χ1v) is 11.3. The van der Waals surface area contributed by atoms with Gasteiger partial charge in [-0.25, -0.2) is 15.0 Å². The first-order valence-electron chi connectivity index (χ1n) is 11.3. The summed E-state index contributed by atoms with van der Waals surface area (Å²) in [7, 11) is 0. The van der Waals surface area contributed by atoms with E-state index in [1.165, 1.54) is 56.4 Å². The van der Waals surface area contributed by atoms with Gasteiger partial charge in [0, 0.05) is 12.7 Å². The first-order chi connectivity index (χ1) is 14.5. The van der Waals surface area contributed by atoms with Crippen LogP contribution in [0.1, 0.15) is 49.4 Å². The third-order valence-electron chi connectivity index (χ3n) is 6.38. The average molecular weight is 407 g/mol. The summed E-state index contributed by atoms with van der Waals surface area (Å²) >= 11 is 0. The van der Waals surface area contributed by atoms with Crippen LogP contribution in [0.3, 0.4) is 0 Å². The van der Waals surface area contributed by atoms with Gasteiger partial charge in [-0.05, 0) is 89.2 Å². The number of aromatic nitrogens is 4. The summed E-state index contributed by atoms with van der Waals surface area (Å²) in [5, 5.41) is 3.40. The van der Waals surface area contributed by atoms with E-state index in [4.69, 9.17) is 4.98 Å². The van der Waals surface area contributed by atoms with Gasteiger partial charge in [0.1, 0.15) is 5.82 Å². The number of aryl methyl sites for hydroxylation is 3. The number of imidazole rings is 1. The lowest BCUT2D eigenvalue weighted by Gasteiger charge is -2.31. The fraction of sp³-hybridized carbons (Fsp3) is 0.542. The number of nitrogens with zero attached hydrogens (tertiary/aromatic N) is 4. The van der Waals surface area contributed by atoms with Crippen molar-refractivity contribution in [3.8, 4) is 11.4 Å². The van der Waals surface area contributed by atoms with Crippen LogP contribution in [-0.4, -0.2) is 51.0 Å². The Morgan fingerprint density at radius 1 is 1.13 bits per heavy atom. The van der Waals surface area contributed by atoms with Gasteiger partial charge in [-0.1, -0.05) is 13.0 Å². The number of benzene rings is 1. The van der Waals surface area contributed by atoms with Gasteiger partial charge in [-0.2, -0.15) is 0 Å². The minimum Gasteiger partial charge on any atom is -0.354 e. The van der Waals surface area contributed by atoms with Crippen LogP contribution < -0.4 is 5.32 Å². The van der Waals surface area contributed by atoms with E-state index in [0.717, 1.165) is 40.6 Å². The molecule has 4 rings (SSSR count). The van der Waals surface area contributed by atoms with Crippen LogP contribution in [-0.2, 0) is 0 Å². The Morgan fingerprint density at radius 2 is 1.93 bits per heavy atom. The van der Waals surface area contributed by atoms with Crippen molar-refractivity contribution in [1.82, 2.24) is 24.8 Å². The fourth-order valence-corrected chi connectivity index (χ4v) is 4.57. The van der Waals surface area contributed by atoms with Crippen molar-refractivity contribution >= 4 is 17.0 Å². The Balaban J connectivity index is 1.34. The molecule has 3 heterocycles. The number of H-pyrrole nitrogens is 1. The highest BCUT2D eigenvalue weighted by molar-refractivity contribution is 5.83. The van der Waals surface area contributed by atoms with E-state index >= 15 is 0 Å². The average Bonchev–Trinajstić information content (AvgIpc) is 3.16. The molecule has 160 valence electrons. The molecule has 1 aliphatic rings. The van der Waals surface area contributed by atoms with Crippen LogP contribution in [0, 0.1) is 26.7 Å². The molecule has 1 aromatic carbocycles. The number of anilines is 1. The zero-order valence-electron chi connectivity index (χ0n) is 18.8. The number of aromatic amines is 1. The summed E-state index contributed by atoms with van der Waals surface area (Å²) in [6.45, 7) is 13.1. The van der Waals surface area contributed by atoms with Crippen molar-refractivity contribution in [1.29, 1.82) is 0 Å². The standard InChI is InChI=1S/C24H34N6/c1-5-30-11-8-19(9-12-30)7-6-10-25-24-26-15-20(18(4)27-24)23-28-21-14-16(2)13-17(3)22(21)29-23/h13-15,19H,5-12H2,1-4H3,(H,28,29)(H,25,26,27). The van der Waals surface area contributed by atoms with Crippen LogP contribution in [0.25, 0.3) is 22.4 Å². The smallest absolute Gasteiger partial charge is 0.222 e. The zero-order chi connectivity index (χ0) is 21.1. The maximum Gasteiger partial charge on any atom is 0.222 e. The molecule has 2 aromatic heterocycles. The molecule has 1 aliphatic heterocycles. The summed E-state index contributed by atoms with van der Waals surface area (Å²) in [4.78, 5) is 20.0. The molecule has 6 heteroatoms. The molecule has 0 saturated carbocycles. The van der Waals surface area contributed by atoms with Gasteiger partial charge in [-0.3, -0.25) is 0 Å². The van der Waals surface area contributed by atoms with Crippen LogP contribution >= 0.6 is 0 Å². The molecule has 2 N–H and O–H groups in total. The van der Waals surface area contributed by atoms with Crippen LogP contribution in [0.2, 0.25) is 0 Å². The highest BCUT2D eigenvalue weighted by Crippen LogP contribution is 2.26. The minimum atomic E-state index is 0.709. The Kier molecular flexibility index (Phi) is 6.32. The topological polar surface area (TPSA) is 69.7 Å². The summed E-state index contributed by atoms with van der Waals surface area (Å²) in [5.41, 5.74) is 6.39. The monoisotopic (exact) mass is 406 g/mol. The molecule has 0 unspecified atom stereocenters. The molecule has 30 heavy (non-hydrogen) atoms. The maximum atomic E-state index is 4.79. The molecule has 0 amide bonds. The SMILES string of the molecule is CCN1CCC(CCCNc2ncc(-c3nc4c(C)cc(C)cc4[nH]3)c(C)n2)CC1. The largest absolute Gasteiger partial charge is 0.354 e. The lowest BCUT2D eigenvalue weighted by molar-refractivity contribution is 0.186. The molecule has 6 nitrogen and oxygen atoms in total. The molecule has 0 radical (unpaired) electrons. The Labute approximate surface area is 179 Å². The quantitative estimate of drug-likeness (QED) is 0.548. The number of piperidine rings is 1. The van der Waals surface area contributed by atoms with E-state index < -0.39 is 0 Å². The highest BCUT2D eigenvalue weighted by atomic mass is 15.1. The Hall–Kier alpha value is -2.47. The molecule has 0 bridgehead atoms. The van der Waals surface area contributed by atoms with Gasteiger partial charge in [-0.15, -0.1) is 0 Å². The van der Waals surface area contributed by atoms with Crippen molar-refractivity contribution in [2.24, 2.45) is 5.92 Å². The molecule has 0 atom stereocenters. The van der Waals surface area contributed by atoms with E-state index in [1.54, 1.807) is 0 Å². The van der Waals surface area contributed by atoms with E-state index in [2.05, 4.69) is 58.1 Å². The number of likely N-dealkylation sites (tertiary alicyclic amines) is 1. The number of fused-ring (bicyclic) bond motifs is 1. The normalized spacial score (nSPS) is 15.7. The Bertz CT molecular complexity index is 1000. The van der Waals surface area contributed by atoms with E-state index in [9.17, 15) is 0 Å². The summed E-state index contributed by atoms with van der Waals surface area (Å²) < 4.78 is 0. The molecule has 1 saturated heterocycles. The van der Waals surface area contributed by atoms with Gasteiger partial charge < -0.3 is 15.2 Å². The third kappa shape index (κ3) is 4.64. The molecule has 3 aromatic rings. The number of hydrogen-bond acceptors (Lipinski definition) is 5. The highest BCUT2D eigenvalue weighted by Gasteiger charge is 2.17. The number of nitrogens with one attached hydrogen (secondary N) is 2. The van der Waals surface area contributed by atoms with Gasteiger partial charge in [0.2, 0.25) is 5.95 Å². The van der Waals surface area contributed by atoms with Crippen molar-refractivity contribution in [3.05, 3.63) is 35.2 Å². The molecule has 0 spiro atoms.